The number of fused-ring (bicyclic) bond motifs is 1. The van der Waals surface area contributed by atoms with Crippen LogP contribution in [0, 0.1) is 6.92 Å². The van der Waals surface area contributed by atoms with Crippen LogP contribution in [0.5, 0.6) is 0 Å². The summed E-state index contributed by atoms with van der Waals surface area (Å²) < 4.78 is 27.6. The number of nitrogens with zero attached hydrogens (tertiary/aromatic N) is 2. The van der Waals surface area contributed by atoms with Gasteiger partial charge in [0.1, 0.15) is 0 Å². The first-order chi connectivity index (χ1) is 15.3. The minimum absolute atomic E-state index is 0.0679. The maximum atomic E-state index is 13.2. The average Bonchev–Trinajstić information content (AvgIpc) is 2.83. The van der Waals surface area contributed by atoms with E-state index in [0.29, 0.717) is 11.3 Å². The fraction of sp³-hybridized carbons (Fsp3) is 0.115. The third-order valence-corrected chi connectivity index (χ3v) is 7.34. The summed E-state index contributed by atoms with van der Waals surface area (Å²) in [6.45, 7) is 1.94. The number of sulfonamides is 1. The molecule has 5 nitrogen and oxygen atoms in total. The first kappa shape index (κ1) is 21.6. The summed E-state index contributed by atoms with van der Waals surface area (Å²) >= 11 is 0. The molecule has 0 radical (unpaired) electrons. The molecule has 162 valence electrons. The number of hydrogen-bond donors (Lipinski definition) is 0. The van der Waals surface area contributed by atoms with Gasteiger partial charge in [-0.25, -0.2) is 8.42 Å². The number of benzene rings is 4. The van der Waals surface area contributed by atoms with Crippen molar-refractivity contribution in [2.45, 2.75) is 11.8 Å². The van der Waals surface area contributed by atoms with E-state index >= 15 is 0 Å². The van der Waals surface area contributed by atoms with Crippen molar-refractivity contribution in [1.29, 1.82) is 0 Å². The molecule has 0 fully saturated rings. The van der Waals surface area contributed by atoms with Crippen molar-refractivity contribution < 1.29 is 13.2 Å². The van der Waals surface area contributed by atoms with Gasteiger partial charge in [-0.2, -0.15) is 0 Å². The van der Waals surface area contributed by atoms with Gasteiger partial charge >= 0.3 is 0 Å². The van der Waals surface area contributed by atoms with Crippen LogP contribution < -0.4 is 9.21 Å². The fourth-order valence-electron chi connectivity index (χ4n) is 3.54. The van der Waals surface area contributed by atoms with E-state index in [1.807, 2.05) is 61.5 Å². The van der Waals surface area contributed by atoms with E-state index in [4.69, 9.17) is 0 Å². The Balaban J connectivity index is 1.63. The van der Waals surface area contributed by atoms with Gasteiger partial charge in [0.15, 0.2) is 0 Å². The van der Waals surface area contributed by atoms with Gasteiger partial charge in [-0.1, -0.05) is 54.1 Å². The van der Waals surface area contributed by atoms with Gasteiger partial charge in [-0.15, -0.1) is 0 Å². The van der Waals surface area contributed by atoms with Crippen LogP contribution >= 0.6 is 0 Å². The normalized spacial score (nSPS) is 11.3. The molecule has 0 atom stereocenters. The molecule has 0 spiro atoms. The zero-order chi connectivity index (χ0) is 22.9. The van der Waals surface area contributed by atoms with Crippen LogP contribution in [0.3, 0.4) is 0 Å². The zero-order valence-electron chi connectivity index (χ0n) is 18.2. The highest BCUT2D eigenvalue weighted by molar-refractivity contribution is 7.92. The Bertz CT molecular complexity index is 1400. The van der Waals surface area contributed by atoms with Crippen molar-refractivity contribution in [3.63, 3.8) is 0 Å². The van der Waals surface area contributed by atoms with Crippen LogP contribution in [0.1, 0.15) is 15.9 Å². The first-order valence-corrected chi connectivity index (χ1v) is 11.6. The third kappa shape index (κ3) is 4.09. The Morgan fingerprint density at radius 2 is 1.38 bits per heavy atom. The van der Waals surface area contributed by atoms with Crippen molar-refractivity contribution in [2.75, 3.05) is 23.3 Å². The Morgan fingerprint density at radius 1 is 0.719 bits per heavy atom. The summed E-state index contributed by atoms with van der Waals surface area (Å²) in [4.78, 5) is 14.8. The molecule has 0 aliphatic carbocycles. The topological polar surface area (TPSA) is 57.7 Å². The van der Waals surface area contributed by atoms with E-state index in [-0.39, 0.29) is 10.8 Å². The number of carbonyl (C=O) groups excluding carboxylic acids is 1. The maximum Gasteiger partial charge on any atom is 0.264 e. The molecule has 0 heterocycles. The number of hydrogen-bond acceptors (Lipinski definition) is 3. The quantitative estimate of drug-likeness (QED) is 0.422. The summed E-state index contributed by atoms with van der Waals surface area (Å²) in [5.41, 5.74) is 2.64. The van der Waals surface area contributed by atoms with Crippen LogP contribution in [0.2, 0.25) is 0 Å². The second kappa shape index (κ2) is 8.48. The van der Waals surface area contributed by atoms with Gasteiger partial charge in [0.25, 0.3) is 15.9 Å². The van der Waals surface area contributed by atoms with E-state index in [9.17, 15) is 13.2 Å². The molecule has 0 saturated carbocycles. The van der Waals surface area contributed by atoms with Crippen molar-refractivity contribution in [3.05, 3.63) is 102 Å². The second-order valence-corrected chi connectivity index (χ2v) is 9.70. The van der Waals surface area contributed by atoms with Crippen LogP contribution in [0.25, 0.3) is 10.8 Å². The maximum absolute atomic E-state index is 13.2. The van der Waals surface area contributed by atoms with Crippen LogP contribution in [-0.2, 0) is 10.0 Å². The zero-order valence-corrected chi connectivity index (χ0v) is 19.0. The highest BCUT2D eigenvalue weighted by atomic mass is 32.2. The Hall–Kier alpha value is -3.64. The van der Waals surface area contributed by atoms with Gasteiger partial charge in [0, 0.05) is 25.3 Å². The third-order valence-electron chi connectivity index (χ3n) is 5.56. The van der Waals surface area contributed by atoms with Crippen molar-refractivity contribution in [2.24, 2.45) is 0 Å². The molecule has 0 N–H and O–H groups in total. The molecule has 4 rings (SSSR count). The lowest BCUT2D eigenvalue weighted by molar-refractivity contribution is 0.0993. The van der Waals surface area contributed by atoms with Gasteiger partial charge in [-0.05, 0) is 60.2 Å². The second-order valence-electron chi connectivity index (χ2n) is 7.73. The van der Waals surface area contributed by atoms with Gasteiger partial charge in [-0.3, -0.25) is 9.10 Å². The standard InChI is InChI=1S/C26H24N2O3S/c1-19-11-14-23(15-12-19)28(3)32(30,31)25-10-6-9-22(18-25)26(29)27(2)24-16-13-20-7-4-5-8-21(20)17-24/h4-18H,1-3H3. The predicted octanol–water partition coefficient (Wildman–Crippen LogP) is 5.25. The number of carbonyl (C=O) groups is 1. The minimum atomic E-state index is -3.82. The minimum Gasteiger partial charge on any atom is -0.311 e. The van der Waals surface area contributed by atoms with Gasteiger partial charge in [0.2, 0.25) is 0 Å². The molecule has 32 heavy (non-hydrogen) atoms. The number of amides is 1. The SMILES string of the molecule is Cc1ccc(N(C)S(=O)(=O)c2cccc(C(=O)N(C)c3ccc4ccccc4c3)c2)cc1. The van der Waals surface area contributed by atoms with Crippen LogP contribution in [0.15, 0.2) is 95.9 Å². The van der Waals surface area contributed by atoms with E-state index in [1.165, 1.54) is 28.4 Å². The van der Waals surface area contributed by atoms with Gasteiger partial charge in [0.05, 0.1) is 10.6 Å². The summed E-state index contributed by atoms with van der Waals surface area (Å²) in [6, 6.07) is 27.1. The summed E-state index contributed by atoms with van der Waals surface area (Å²) in [6.07, 6.45) is 0. The highest BCUT2D eigenvalue weighted by Crippen LogP contribution is 2.25. The summed E-state index contributed by atoms with van der Waals surface area (Å²) in [5.74, 6) is -0.282. The number of rotatable bonds is 5. The molecule has 4 aromatic carbocycles. The van der Waals surface area contributed by atoms with Crippen molar-refractivity contribution >= 4 is 38.1 Å². The van der Waals surface area contributed by atoms with Crippen molar-refractivity contribution in [1.82, 2.24) is 0 Å². The lowest BCUT2D eigenvalue weighted by Crippen LogP contribution is -2.28. The van der Waals surface area contributed by atoms with E-state index in [2.05, 4.69) is 0 Å². The van der Waals surface area contributed by atoms with E-state index in [0.717, 1.165) is 22.0 Å². The van der Waals surface area contributed by atoms with E-state index < -0.39 is 10.0 Å². The van der Waals surface area contributed by atoms with Gasteiger partial charge < -0.3 is 4.90 Å². The molecule has 0 aromatic heterocycles. The Morgan fingerprint density at radius 3 is 2.09 bits per heavy atom. The lowest BCUT2D eigenvalue weighted by atomic mass is 10.1. The molecule has 0 saturated heterocycles. The Labute approximate surface area is 188 Å². The number of anilines is 2. The molecule has 0 aliphatic rings. The lowest BCUT2D eigenvalue weighted by Gasteiger charge is -2.21. The largest absolute Gasteiger partial charge is 0.311 e. The molecule has 0 aliphatic heterocycles. The van der Waals surface area contributed by atoms with E-state index in [1.54, 1.807) is 31.3 Å². The monoisotopic (exact) mass is 444 g/mol. The number of aryl methyl sites for hydroxylation is 1. The molecule has 4 aromatic rings. The fourth-order valence-corrected chi connectivity index (χ4v) is 4.78. The molecule has 1 amide bonds. The molecule has 0 unspecified atom stereocenters. The van der Waals surface area contributed by atoms with Crippen molar-refractivity contribution in [3.8, 4) is 0 Å². The highest BCUT2D eigenvalue weighted by Gasteiger charge is 2.23. The molecule has 6 heteroatoms. The summed E-state index contributed by atoms with van der Waals surface area (Å²) in [7, 11) is -0.621. The smallest absolute Gasteiger partial charge is 0.264 e. The molecule has 0 bridgehead atoms. The summed E-state index contributed by atoms with van der Waals surface area (Å²) in [5, 5.41) is 2.12. The molecular weight excluding hydrogens is 420 g/mol. The Kier molecular flexibility index (Phi) is 5.72. The average molecular weight is 445 g/mol. The van der Waals surface area contributed by atoms with Crippen LogP contribution in [0.4, 0.5) is 11.4 Å². The van der Waals surface area contributed by atoms with Crippen LogP contribution in [-0.4, -0.2) is 28.4 Å². The molecular formula is C26H24N2O3S. The first-order valence-electron chi connectivity index (χ1n) is 10.2. The predicted molar refractivity (Wildman–Crippen MR) is 130 cm³/mol.